The Morgan fingerprint density at radius 1 is 0.815 bits per heavy atom. The first-order valence-electron chi connectivity index (χ1n) is 12.6. The molecule has 0 radical (unpaired) electrons. The summed E-state index contributed by atoms with van der Waals surface area (Å²) >= 11 is 0. The zero-order chi connectivity index (χ0) is 19.8. The molecule has 0 aromatic rings. The largest absolute Gasteiger partial charge is 0.0651 e. The van der Waals surface area contributed by atoms with Crippen molar-refractivity contribution < 1.29 is 0 Å². The lowest BCUT2D eigenvalue weighted by Crippen LogP contribution is -2.64. The molecular formula is C27H48. The van der Waals surface area contributed by atoms with Gasteiger partial charge < -0.3 is 0 Å². The highest BCUT2D eigenvalue weighted by atomic mass is 14.7. The third-order valence-corrected chi connectivity index (χ3v) is 12.1. The van der Waals surface area contributed by atoms with Crippen LogP contribution in [0.4, 0.5) is 0 Å². The molecule has 4 rings (SSSR count). The topological polar surface area (TPSA) is 0 Å². The molecule has 4 aliphatic rings. The van der Waals surface area contributed by atoms with Crippen molar-refractivity contribution >= 4 is 0 Å². The van der Waals surface area contributed by atoms with Crippen LogP contribution in [0.25, 0.3) is 0 Å². The van der Waals surface area contributed by atoms with Crippen molar-refractivity contribution in [3.05, 3.63) is 0 Å². The molecule has 0 bridgehead atoms. The van der Waals surface area contributed by atoms with Gasteiger partial charge in [0.25, 0.3) is 0 Å². The van der Waals surface area contributed by atoms with Gasteiger partial charge in [-0.15, -0.1) is 0 Å². The smallest absolute Gasteiger partial charge is 0.0236 e. The summed E-state index contributed by atoms with van der Waals surface area (Å²) < 4.78 is 0. The van der Waals surface area contributed by atoms with Gasteiger partial charge >= 0.3 is 0 Å². The van der Waals surface area contributed by atoms with Crippen LogP contribution in [-0.4, -0.2) is 0 Å². The Kier molecular flexibility index (Phi) is 4.88. The second kappa shape index (κ2) is 6.50. The minimum Gasteiger partial charge on any atom is -0.0651 e. The highest BCUT2D eigenvalue weighted by molar-refractivity contribution is 5.16. The molecule has 9 unspecified atom stereocenters. The van der Waals surface area contributed by atoms with Crippen LogP contribution < -0.4 is 0 Å². The summed E-state index contributed by atoms with van der Waals surface area (Å²) in [5.74, 6) is 7.68. The van der Waals surface area contributed by atoms with Crippen LogP contribution in [0.15, 0.2) is 0 Å². The van der Waals surface area contributed by atoms with Crippen molar-refractivity contribution in [1.82, 2.24) is 0 Å². The predicted octanol–water partition coefficient (Wildman–Crippen LogP) is 8.21. The molecule has 4 saturated carbocycles. The summed E-state index contributed by atoms with van der Waals surface area (Å²) in [5.41, 5.74) is 1.77. The molecule has 0 spiro atoms. The molecule has 0 aromatic carbocycles. The molecule has 0 amide bonds. The van der Waals surface area contributed by atoms with E-state index in [-0.39, 0.29) is 0 Å². The number of hydrogen-bond donors (Lipinski definition) is 0. The lowest BCUT2D eigenvalue weighted by Gasteiger charge is -2.71. The lowest BCUT2D eigenvalue weighted by atomic mass is 9.34. The fourth-order valence-electron chi connectivity index (χ4n) is 10.6. The third kappa shape index (κ3) is 2.40. The molecule has 27 heavy (non-hydrogen) atoms. The van der Waals surface area contributed by atoms with E-state index in [9.17, 15) is 0 Å². The van der Waals surface area contributed by atoms with Crippen LogP contribution in [0.2, 0.25) is 0 Å². The molecule has 0 heteroatoms. The van der Waals surface area contributed by atoms with E-state index in [2.05, 4.69) is 55.4 Å². The van der Waals surface area contributed by atoms with Gasteiger partial charge in [-0.05, 0) is 95.7 Å². The van der Waals surface area contributed by atoms with Crippen molar-refractivity contribution in [2.24, 2.45) is 63.6 Å². The van der Waals surface area contributed by atoms with E-state index >= 15 is 0 Å². The molecule has 0 N–H and O–H groups in total. The van der Waals surface area contributed by atoms with E-state index in [0.717, 1.165) is 47.3 Å². The van der Waals surface area contributed by atoms with Crippen LogP contribution in [0.1, 0.15) is 107 Å². The SMILES string of the molecule is CCC1C(C)C2C3CCC(CC)[C@@]3(C)C(C)CC2[C@@]2(C)CCC(C)CC12C. The standard InChI is InChI=1S/C27H48/c1-9-20-11-12-22-24-19(5)21(10-2)26(7)16-17(3)13-14-25(26,6)23(24)15-18(4)27(20,22)8/h17-24H,9-16H2,1-8H3/t17?,18?,19?,20?,21?,22?,23?,24?,25-,26?,27-/m1/s1. The van der Waals surface area contributed by atoms with Crippen LogP contribution >= 0.6 is 0 Å². The molecule has 4 fully saturated rings. The minimum atomic E-state index is 0.566. The summed E-state index contributed by atoms with van der Waals surface area (Å²) in [5, 5.41) is 0. The van der Waals surface area contributed by atoms with Crippen molar-refractivity contribution in [1.29, 1.82) is 0 Å². The highest BCUT2D eigenvalue weighted by Crippen LogP contribution is 2.75. The Balaban J connectivity index is 1.80. The van der Waals surface area contributed by atoms with Gasteiger partial charge in [-0.1, -0.05) is 74.7 Å². The van der Waals surface area contributed by atoms with Gasteiger partial charge in [0.2, 0.25) is 0 Å². The molecule has 0 aliphatic heterocycles. The van der Waals surface area contributed by atoms with E-state index in [4.69, 9.17) is 0 Å². The number of fused-ring (bicyclic) bond motifs is 5. The summed E-state index contributed by atoms with van der Waals surface area (Å²) in [4.78, 5) is 0. The number of rotatable bonds is 2. The highest BCUT2D eigenvalue weighted by Gasteiger charge is 2.68. The van der Waals surface area contributed by atoms with Gasteiger partial charge in [0.1, 0.15) is 0 Å². The van der Waals surface area contributed by atoms with Crippen molar-refractivity contribution in [2.45, 2.75) is 107 Å². The van der Waals surface area contributed by atoms with Gasteiger partial charge in [0, 0.05) is 0 Å². The first kappa shape index (κ1) is 20.3. The van der Waals surface area contributed by atoms with E-state index < -0.39 is 0 Å². The average molecular weight is 373 g/mol. The van der Waals surface area contributed by atoms with Crippen LogP contribution in [-0.2, 0) is 0 Å². The molecule has 0 saturated heterocycles. The van der Waals surface area contributed by atoms with Crippen molar-refractivity contribution in [3.63, 3.8) is 0 Å². The fraction of sp³-hybridized carbons (Fsp3) is 1.00. The lowest BCUT2D eigenvalue weighted by molar-refractivity contribution is -0.225. The zero-order valence-electron chi connectivity index (χ0n) is 19.8. The maximum atomic E-state index is 2.77. The minimum absolute atomic E-state index is 0.566. The van der Waals surface area contributed by atoms with Crippen molar-refractivity contribution in [3.8, 4) is 0 Å². The monoisotopic (exact) mass is 372 g/mol. The maximum Gasteiger partial charge on any atom is -0.0236 e. The maximum absolute atomic E-state index is 2.77. The molecular weight excluding hydrogens is 324 g/mol. The summed E-state index contributed by atoms with van der Waals surface area (Å²) in [7, 11) is 0. The van der Waals surface area contributed by atoms with Gasteiger partial charge in [-0.25, -0.2) is 0 Å². The summed E-state index contributed by atoms with van der Waals surface area (Å²) in [6, 6.07) is 0. The predicted molar refractivity (Wildman–Crippen MR) is 118 cm³/mol. The first-order valence-corrected chi connectivity index (χ1v) is 12.6. The van der Waals surface area contributed by atoms with Gasteiger partial charge in [0.15, 0.2) is 0 Å². The van der Waals surface area contributed by atoms with E-state index in [1.807, 2.05) is 0 Å². The van der Waals surface area contributed by atoms with Crippen LogP contribution in [0.5, 0.6) is 0 Å². The third-order valence-electron chi connectivity index (χ3n) is 12.1. The molecule has 0 nitrogen and oxygen atoms in total. The first-order chi connectivity index (χ1) is 12.6. The quantitative estimate of drug-likeness (QED) is 0.458. The van der Waals surface area contributed by atoms with E-state index in [1.54, 1.807) is 0 Å². The Labute approximate surface area is 170 Å². The second-order valence-corrected chi connectivity index (χ2v) is 12.5. The van der Waals surface area contributed by atoms with Crippen LogP contribution in [0.3, 0.4) is 0 Å². The van der Waals surface area contributed by atoms with Gasteiger partial charge in [0.05, 0.1) is 0 Å². The number of hydrogen-bond acceptors (Lipinski definition) is 0. The molecule has 0 aromatic heterocycles. The summed E-state index contributed by atoms with van der Waals surface area (Å²) in [6.07, 6.45) is 11.9. The Morgan fingerprint density at radius 2 is 1.52 bits per heavy atom. The van der Waals surface area contributed by atoms with Gasteiger partial charge in [-0.3, -0.25) is 0 Å². The Bertz CT molecular complexity index is 564. The molecule has 4 aliphatic carbocycles. The molecule has 0 heterocycles. The van der Waals surface area contributed by atoms with Crippen LogP contribution in [0, 0.1) is 63.6 Å². The van der Waals surface area contributed by atoms with Crippen molar-refractivity contribution in [2.75, 3.05) is 0 Å². The fourth-order valence-corrected chi connectivity index (χ4v) is 10.6. The Hall–Kier alpha value is 0. The zero-order valence-corrected chi connectivity index (χ0v) is 19.8. The van der Waals surface area contributed by atoms with E-state index in [1.165, 1.54) is 51.4 Å². The van der Waals surface area contributed by atoms with E-state index in [0.29, 0.717) is 16.2 Å². The normalized spacial score (nSPS) is 60.4. The average Bonchev–Trinajstić information content (AvgIpc) is 2.96. The molecule has 156 valence electrons. The second-order valence-electron chi connectivity index (χ2n) is 12.5. The van der Waals surface area contributed by atoms with Gasteiger partial charge in [-0.2, -0.15) is 0 Å². The summed E-state index contributed by atoms with van der Waals surface area (Å²) in [6.45, 7) is 21.1. The Morgan fingerprint density at radius 3 is 2.15 bits per heavy atom. The molecule has 11 atom stereocenters.